The third kappa shape index (κ3) is 5.98. The lowest BCUT2D eigenvalue weighted by Gasteiger charge is -2.19. The summed E-state index contributed by atoms with van der Waals surface area (Å²) in [6.07, 6.45) is 4.36. The number of ether oxygens (including phenoxy) is 3. The van der Waals surface area contributed by atoms with Crippen LogP contribution in [0.5, 0.6) is 17.2 Å². The molecule has 4 rings (SSSR count). The molecular weight excluding hydrogens is 474 g/mol. The van der Waals surface area contributed by atoms with Crippen molar-refractivity contribution in [1.29, 1.82) is 0 Å². The number of fused-ring (bicyclic) bond motifs is 3. The SMILES string of the molecule is COc1cc2c(c(OC)c1OC)-c1ccc(NCCCC(=O)NC3CC3)c(=O)cc1[C@@H](NC(C)=O)CC2. The number of carbonyl (C=O) groups excluding carboxylic acids is 2. The lowest BCUT2D eigenvalue weighted by molar-refractivity contribution is -0.121. The second-order valence-corrected chi connectivity index (χ2v) is 9.47. The standard InChI is InChI=1S/C28H35N3O6/c1-16(32)30-21-11-7-17-14-24(35-2)27(36-3)28(37-4)26(17)19-10-12-22(23(33)15-20(19)21)29-13-5-6-25(34)31-18-8-9-18/h10,12,14-15,18,21H,5-9,11,13H2,1-4H3,(H,29,33)(H,30,32)(H,31,34)/t21-/m0/s1. The number of nitrogens with one attached hydrogen (secondary N) is 3. The first-order valence-corrected chi connectivity index (χ1v) is 12.7. The van der Waals surface area contributed by atoms with Gasteiger partial charge in [-0.05, 0) is 67.0 Å². The predicted octanol–water partition coefficient (Wildman–Crippen LogP) is 3.33. The molecule has 0 unspecified atom stereocenters. The summed E-state index contributed by atoms with van der Waals surface area (Å²) in [4.78, 5) is 37.3. The van der Waals surface area contributed by atoms with Crippen molar-refractivity contribution in [2.24, 2.45) is 0 Å². The van der Waals surface area contributed by atoms with Crippen molar-refractivity contribution in [2.75, 3.05) is 33.2 Å². The molecule has 9 heteroatoms. The molecule has 9 nitrogen and oxygen atoms in total. The van der Waals surface area contributed by atoms with Gasteiger partial charge in [0.1, 0.15) is 0 Å². The molecule has 0 bridgehead atoms. The topological polar surface area (TPSA) is 115 Å². The van der Waals surface area contributed by atoms with Gasteiger partial charge < -0.3 is 30.2 Å². The van der Waals surface area contributed by atoms with E-state index >= 15 is 0 Å². The van der Waals surface area contributed by atoms with Crippen LogP contribution in [0.2, 0.25) is 0 Å². The van der Waals surface area contributed by atoms with E-state index in [-0.39, 0.29) is 23.3 Å². The number of methoxy groups -OCH3 is 3. The molecule has 0 heterocycles. The third-order valence-corrected chi connectivity index (χ3v) is 6.75. The number of hydrogen-bond donors (Lipinski definition) is 3. The van der Waals surface area contributed by atoms with Gasteiger partial charge in [0.15, 0.2) is 11.5 Å². The number of benzene rings is 1. The first-order valence-electron chi connectivity index (χ1n) is 12.7. The van der Waals surface area contributed by atoms with Gasteiger partial charge in [0, 0.05) is 31.5 Å². The molecule has 0 aliphatic heterocycles. The largest absolute Gasteiger partial charge is 0.493 e. The fourth-order valence-electron chi connectivity index (χ4n) is 4.85. The van der Waals surface area contributed by atoms with Gasteiger partial charge in [-0.15, -0.1) is 0 Å². The number of carbonyl (C=O) groups is 2. The first kappa shape index (κ1) is 26.3. The quantitative estimate of drug-likeness (QED) is 0.421. The molecule has 2 aliphatic carbocycles. The van der Waals surface area contributed by atoms with Crippen LogP contribution in [-0.4, -0.2) is 45.7 Å². The van der Waals surface area contributed by atoms with Crippen LogP contribution in [0.1, 0.15) is 56.2 Å². The Hall–Kier alpha value is -3.75. The second kappa shape index (κ2) is 11.5. The summed E-state index contributed by atoms with van der Waals surface area (Å²) < 4.78 is 17.0. The molecule has 2 amide bonds. The van der Waals surface area contributed by atoms with Crippen LogP contribution in [0.4, 0.5) is 5.69 Å². The molecule has 2 aromatic carbocycles. The average molecular weight is 510 g/mol. The third-order valence-electron chi connectivity index (χ3n) is 6.75. The highest BCUT2D eigenvalue weighted by Crippen LogP contribution is 2.50. The van der Waals surface area contributed by atoms with Crippen LogP contribution in [-0.2, 0) is 16.0 Å². The number of hydrogen-bond acceptors (Lipinski definition) is 7. The number of amides is 2. The Kier molecular flexibility index (Phi) is 8.21. The number of aryl methyl sites for hydroxylation is 1. The fourth-order valence-corrected chi connectivity index (χ4v) is 4.85. The lowest BCUT2D eigenvalue weighted by Crippen LogP contribution is -2.26. The highest BCUT2D eigenvalue weighted by molar-refractivity contribution is 5.83. The smallest absolute Gasteiger partial charge is 0.220 e. The molecule has 1 saturated carbocycles. The van der Waals surface area contributed by atoms with E-state index in [1.54, 1.807) is 33.5 Å². The minimum Gasteiger partial charge on any atom is -0.493 e. The van der Waals surface area contributed by atoms with E-state index in [2.05, 4.69) is 16.0 Å². The van der Waals surface area contributed by atoms with Crippen LogP contribution in [0.15, 0.2) is 29.1 Å². The van der Waals surface area contributed by atoms with Crippen molar-refractivity contribution < 1.29 is 23.8 Å². The molecule has 0 aromatic heterocycles. The zero-order valence-corrected chi connectivity index (χ0v) is 21.9. The molecule has 198 valence electrons. The Balaban J connectivity index is 1.72. The van der Waals surface area contributed by atoms with Crippen molar-refractivity contribution in [2.45, 2.75) is 57.5 Å². The predicted molar refractivity (Wildman–Crippen MR) is 142 cm³/mol. The fraction of sp³-hybridized carbons (Fsp3) is 0.464. The molecule has 3 N–H and O–H groups in total. The van der Waals surface area contributed by atoms with E-state index in [0.29, 0.717) is 66.8 Å². The summed E-state index contributed by atoms with van der Waals surface area (Å²) in [5.74, 6) is 1.39. The van der Waals surface area contributed by atoms with Crippen molar-refractivity contribution in [3.8, 4) is 28.4 Å². The zero-order chi connectivity index (χ0) is 26.5. The molecule has 0 saturated heterocycles. The summed E-state index contributed by atoms with van der Waals surface area (Å²) in [7, 11) is 4.70. The maximum absolute atomic E-state index is 13.3. The van der Waals surface area contributed by atoms with Gasteiger partial charge in [-0.1, -0.05) is 6.07 Å². The highest BCUT2D eigenvalue weighted by Gasteiger charge is 2.29. The van der Waals surface area contributed by atoms with Crippen LogP contribution < -0.4 is 35.6 Å². The van der Waals surface area contributed by atoms with Crippen LogP contribution in [0, 0.1) is 0 Å². The van der Waals surface area contributed by atoms with Crippen molar-refractivity contribution in [3.05, 3.63) is 45.6 Å². The molecular formula is C28H35N3O6. The lowest BCUT2D eigenvalue weighted by atomic mass is 9.95. The second-order valence-electron chi connectivity index (χ2n) is 9.47. The Bertz CT molecular complexity index is 1240. The van der Waals surface area contributed by atoms with Gasteiger partial charge in [-0.2, -0.15) is 0 Å². The molecule has 0 spiro atoms. The molecule has 2 aliphatic rings. The van der Waals surface area contributed by atoms with E-state index in [1.165, 1.54) is 6.92 Å². The normalized spacial score (nSPS) is 15.9. The molecule has 2 aromatic rings. The zero-order valence-electron chi connectivity index (χ0n) is 21.9. The van der Waals surface area contributed by atoms with Gasteiger partial charge >= 0.3 is 0 Å². The van der Waals surface area contributed by atoms with Gasteiger partial charge in [-0.25, -0.2) is 0 Å². The Morgan fingerprint density at radius 3 is 2.38 bits per heavy atom. The van der Waals surface area contributed by atoms with Crippen LogP contribution in [0.25, 0.3) is 11.1 Å². The van der Waals surface area contributed by atoms with Crippen molar-refractivity contribution >= 4 is 17.5 Å². The van der Waals surface area contributed by atoms with Crippen molar-refractivity contribution in [3.63, 3.8) is 0 Å². The van der Waals surface area contributed by atoms with E-state index in [1.807, 2.05) is 12.1 Å². The van der Waals surface area contributed by atoms with E-state index in [4.69, 9.17) is 14.2 Å². The highest BCUT2D eigenvalue weighted by atomic mass is 16.5. The van der Waals surface area contributed by atoms with Gasteiger partial charge in [-0.3, -0.25) is 14.4 Å². The molecule has 1 fully saturated rings. The average Bonchev–Trinajstić information content (AvgIpc) is 3.71. The molecule has 1 atom stereocenters. The Labute approximate surface area is 216 Å². The Morgan fingerprint density at radius 1 is 0.973 bits per heavy atom. The molecule has 37 heavy (non-hydrogen) atoms. The van der Waals surface area contributed by atoms with Gasteiger partial charge in [0.05, 0.1) is 33.1 Å². The van der Waals surface area contributed by atoms with Crippen LogP contribution in [0.3, 0.4) is 0 Å². The maximum Gasteiger partial charge on any atom is 0.220 e. The van der Waals surface area contributed by atoms with Gasteiger partial charge in [0.2, 0.25) is 23.0 Å². The van der Waals surface area contributed by atoms with E-state index in [9.17, 15) is 14.4 Å². The monoisotopic (exact) mass is 509 g/mol. The summed E-state index contributed by atoms with van der Waals surface area (Å²) >= 11 is 0. The first-order chi connectivity index (χ1) is 17.9. The van der Waals surface area contributed by atoms with Crippen LogP contribution >= 0.6 is 0 Å². The summed E-state index contributed by atoms with van der Waals surface area (Å²) in [6.45, 7) is 1.96. The van der Waals surface area contributed by atoms with Gasteiger partial charge in [0.25, 0.3) is 0 Å². The summed E-state index contributed by atoms with van der Waals surface area (Å²) in [5, 5.41) is 9.17. The van der Waals surface area contributed by atoms with E-state index < -0.39 is 0 Å². The summed E-state index contributed by atoms with van der Waals surface area (Å²) in [6, 6.07) is 7.12. The minimum atomic E-state index is -0.360. The number of rotatable bonds is 10. The maximum atomic E-state index is 13.3. The molecule has 0 radical (unpaired) electrons. The number of anilines is 1. The Morgan fingerprint density at radius 2 is 1.73 bits per heavy atom. The van der Waals surface area contributed by atoms with Crippen molar-refractivity contribution in [1.82, 2.24) is 10.6 Å². The van der Waals surface area contributed by atoms with E-state index in [0.717, 1.165) is 29.5 Å². The summed E-state index contributed by atoms with van der Waals surface area (Å²) in [5.41, 5.74) is 3.50. The minimum absolute atomic E-state index is 0.0446.